The molecule has 1 aromatic heterocycles. The summed E-state index contributed by atoms with van der Waals surface area (Å²) in [5.74, 6) is -0.988. The molecule has 0 unspecified atom stereocenters. The zero-order valence-corrected chi connectivity index (χ0v) is 10.6. The number of H-pyrrole nitrogens is 1. The fraction of sp³-hybridized carbons (Fsp3) is 0.0769. The van der Waals surface area contributed by atoms with Crippen LogP contribution in [0.1, 0.15) is 10.5 Å². The Hall–Kier alpha value is -2.27. The van der Waals surface area contributed by atoms with Crippen LogP contribution in [0.5, 0.6) is 0 Å². The second-order valence-corrected chi connectivity index (χ2v) is 4.15. The summed E-state index contributed by atoms with van der Waals surface area (Å²) >= 11 is 5.72. The maximum Gasteiger partial charge on any atom is 0.355 e. The molecular formula is C13H11ClN2O3. The number of ether oxygens (including phenoxy) is 1. The van der Waals surface area contributed by atoms with E-state index in [2.05, 4.69) is 10.3 Å². The number of aromatic amines is 1. The van der Waals surface area contributed by atoms with E-state index < -0.39 is 11.9 Å². The van der Waals surface area contributed by atoms with Gasteiger partial charge in [0.2, 0.25) is 0 Å². The number of carbonyl (C=O) groups excluding carboxylic acids is 2. The standard InChI is InChI=1S/C13H11ClN2O3/c14-9-3-5-10(6-4-9)16-12(17)8-19-13(18)11-2-1-7-15-11/h1-7,15H,8H2,(H,16,17). The Bertz CT molecular complexity index is 564. The number of hydrogen-bond acceptors (Lipinski definition) is 3. The van der Waals surface area contributed by atoms with E-state index in [1.165, 1.54) is 0 Å². The molecule has 0 bridgehead atoms. The Balaban J connectivity index is 1.82. The zero-order valence-electron chi connectivity index (χ0n) is 9.85. The fourth-order valence-corrected chi connectivity index (χ4v) is 1.52. The third-order valence-electron chi connectivity index (χ3n) is 2.28. The highest BCUT2D eigenvalue weighted by Crippen LogP contribution is 2.13. The number of nitrogens with one attached hydrogen (secondary N) is 2. The van der Waals surface area contributed by atoms with Gasteiger partial charge in [0.15, 0.2) is 6.61 Å². The lowest BCUT2D eigenvalue weighted by atomic mass is 10.3. The number of carbonyl (C=O) groups is 2. The third-order valence-corrected chi connectivity index (χ3v) is 2.53. The van der Waals surface area contributed by atoms with Crippen molar-refractivity contribution in [2.24, 2.45) is 0 Å². The molecule has 0 aliphatic carbocycles. The van der Waals surface area contributed by atoms with Crippen molar-refractivity contribution < 1.29 is 14.3 Å². The average molecular weight is 279 g/mol. The van der Waals surface area contributed by atoms with Crippen LogP contribution in [-0.2, 0) is 9.53 Å². The molecule has 0 aliphatic rings. The average Bonchev–Trinajstić information content (AvgIpc) is 2.93. The van der Waals surface area contributed by atoms with Crippen LogP contribution in [0.4, 0.5) is 5.69 Å². The van der Waals surface area contributed by atoms with Gasteiger partial charge in [0.25, 0.3) is 5.91 Å². The summed E-state index contributed by atoms with van der Waals surface area (Å²) in [4.78, 5) is 25.7. The van der Waals surface area contributed by atoms with Gasteiger partial charge in [0.1, 0.15) is 5.69 Å². The Morgan fingerprint density at radius 1 is 1.21 bits per heavy atom. The highest BCUT2D eigenvalue weighted by atomic mass is 35.5. The van der Waals surface area contributed by atoms with E-state index >= 15 is 0 Å². The highest BCUT2D eigenvalue weighted by Gasteiger charge is 2.10. The van der Waals surface area contributed by atoms with Gasteiger partial charge in [-0.1, -0.05) is 11.6 Å². The van der Waals surface area contributed by atoms with Crippen molar-refractivity contribution in [1.82, 2.24) is 4.98 Å². The van der Waals surface area contributed by atoms with Crippen molar-refractivity contribution >= 4 is 29.2 Å². The topological polar surface area (TPSA) is 71.2 Å². The molecule has 1 aromatic carbocycles. The molecule has 0 saturated carbocycles. The van der Waals surface area contributed by atoms with Crippen molar-refractivity contribution in [3.63, 3.8) is 0 Å². The molecule has 98 valence electrons. The first-order valence-electron chi connectivity index (χ1n) is 5.51. The maximum absolute atomic E-state index is 11.5. The van der Waals surface area contributed by atoms with Gasteiger partial charge in [-0.05, 0) is 36.4 Å². The SMILES string of the molecule is O=C(COC(=O)c1ccc[nH]1)Nc1ccc(Cl)cc1. The summed E-state index contributed by atoms with van der Waals surface area (Å²) in [7, 11) is 0. The quantitative estimate of drug-likeness (QED) is 0.844. The fourth-order valence-electron chi connectivity index (χ4n) is 1.40. The van der Waals surface area contributed by atoms with Crippen molar-refractivity contribution in [3.8, 4) is 0 Å². The number of aromatic nitrogens is 1. The number of halogens is 1. The van der Waals surface area contributed by atoms with Gasteiger partial charge in [-0.3, -0.25) is 4.79 Å². The molecule has 6 heteroatoms. The van der Waals surface area contributed by atoms with Gasteiger partial charge in [-0.2, -0.15) is 0 Å². The van der Waals surface area contributed by atoms with Gasteiger partial charge in [-0.25, -0.2) is 4.79 Å². The second-order valence-electron chi connectivity index (χ2n) is 3.71. The summed E-state index contributed by atoms with van der Waals surface area (Å²) in [5.41, 5.74) is 0.893. The molecule has 1 heterocycles. The minimum Gasteiger partial charge on any atom is -0.451 e. The van der Waals surface area contributed by atoms with Crippen molar-refractivity contribution in [1.29, 1.82) is 0 Å². The number of rotatable bonds is 4. The summed E-state index contributed by atoms with van der Waals surface area (Å²) < 4.78 is 4.84. The van der Waals surface area contributed by atoms with E-state index in [0.29, 0.717) is 16.4 Å². The number of esters is 1. The van der Waals surface area contributed by atoms with Crippen molar-refractivity contribution in [3.05, 3.63) is 53.3 Å². The minimum atomic E-state index is -0.573. The van der Waals surface area contributed by atoms with Crippen LogP contribution in [0, 0.1) is 0 Å². The summed E-state index contributed by atoms with van der Waals surface area (Å²) in [6.45, 7) is -0.347. The summed E-state index contributed by atoms with van der Waals surface area (Å²) in [6, 6.07) is 9.87. The Morgan fingerprint density at radius 3 is 2.58 bits per heavy atom. The molecule has 0 spiro atoms. The van der Waals surface area contributed by atoms with E-state index in [1.807, 2.05) is 0 Å². The molecular weight excluding hydrogens is 268 g/mol. The zero-order chi connectivity index (χ0) is 13.7. The lowest BCUT2D eigenvalue weighted by Gasteiger charge is -2.06. The van der Waals surface area contributed by atoms with Crippen LogP contribution >= 0.6 is 11.6 Å². The van der Waals surface area contributed by atoms with Gasteiger partial charge in [0, 0.05) is 16.9 Å². The van der Waals surface area contributed by atoms with Crippen LogP contribution in [-0.4, -0.2) is 23.5 Å². The first-order chi connectivity index (χ1) is 9.15. The van der Waals surface area contributed by atoms with E-state index in [1.54, 1.807) is 42.6 Å². The molecule has 0 atom stereocenters. The molecule has 2 N–H and O–H groups in total. The normalized spacial score (nSPS) is 9.95. The lowest BCUT2D eigenvalue weighted by molar-refractivity contribution is -0.119. The Kier molecular flexibility index (Phi) is 4.20. The van der Waals surface area contributed by atoms with Crippen LogP contribution in [0.15, 0.2) is 42.6 Å². The first-order valence-corrected chi connectivity index (χ1v) is 5.89. The number of anilines is 1. The predicted octanol–water partition coefficient (Wildman–Crippen LogP) is 2.46. The van der Waals surface area contributed by atoms with Crippen molar-refractivity contribution in [2.45, 2.75) is 0 Å². The lowest BCUT2D eigenvalue weighted by Crippen LogP contribution is -2.21. The Morgan fingerprint density at radius 2 is 1.95 bits per heavy atom. The molecule has 2 rings (SSSR count). The Labute approximate surface area is 114 Å². The van der Waals surface area contributed by atoms with Crippen LogP contribution < -0.4 is 5.32 Å². The molecule has 0 fully saturated rings. The number of amides is 1. The van der Waals surface area contributed by atoms with Gasteiger partial charge in [0.05, 0.1) is 0 Å². The molecule has 19 heavy (non-hydrogen) atoms. The van der Waals surface area contributed by atoms with E-state index in [-0.39, 0.29) is 6.61 Å². The van der Waals surface area contributed by atoms with Gasteiger partial charge < -0.3 is 15.0 Å². The second kappa shape index (κ2) is 6.06. The monoisotopic (exact) mass is 278 g/mol. The maximum atomic E-state index is 11.5. The third kappa shape index (κ3) is 3.86. The van der Waals surface area contributed by atoms with E-state index in [0.717, 1.165) is 0 Å². The van der Waals surface area contributed by atoms with Crippen LogP contribution in [0.2, 0.25) is 5.02 Å². The van der Waals surface area contributed by atoms with E-state index in [4.69, 9.17) is 16.3 Å². The molecule has 0 radical (unpaired) electrons. The number of benzene rings is 1. The minimum absolute atomic E-state index is 0.305. The summed E-state index contributed by atoms with van der Waals surface area (Å²) in [6.07, 6.45) is 1.60. The van der Waals surface area contributed by atoms with Gasteiger partial charge >= 0.3 is 5.97 Å². The number of hydrogen-bond donors (Lipinski definition) is 2. The first kappa shape index (κ1) is 13.2. The summed E-state index contributed by atoms with van der Waals surface area (Å²) in [5, 5.41) is 3.16. The molecule has 1 amide bonds. The largest absolute Gasteiger partial charge is 0.451 e. The van der Waals surface area contributed by atoms with E-state index in [9.17, 15) is 9.59 Å². The highest BCUT2D eigenvalue weighted by molar-refractivity contribution is 6.30. The predicted molar refractivity (Wildman–Crippen MR) is 71.2 cm³/mol. The van der Waals surface area contributed by atoms with Crippen molar-refractivity contribution in [2.75, 3.05) is 11.9 Å². The molecule has 2 aromatic rings. The van der Waals surface area contributed by atoms with Crippen LogP contribution in [0.3, 0.4) is 0 Å². The van der Waals surface area contributed by atoms with Gasteiger partial charge in [-0.15, -0.1) is 0 Å². The van der Waals surface area contributed by atoms with Crippen LogP contribution in [0.25, 0.3) is 0 Å². The molecule has 0 aliphatic heterocycles. The smallest absolute Gasteiger partial charge is 0.355 e. The molecule has 5 nitrogen and oxygen atoms in total. The molecule has 0 saturated heterocycles.